The number of benzene rings is 2. The third kappa shape index (κ3) is 4.19. The predicted molar refractivity (Wildman–Crippen MR) is 96.6 cm³/mol. The van der Waals surface area contributed by atoms with Crippen molar-refractivity contribution in [3.05, 3.63) is 66.4 Å². The van der Waals surface area contributed by atoms with E-state index in [4.69, 9.17) is 4.74 Å². The zero-order chi connectivity index (χ0) is 17.6. The molecule has 0 aliphatic heterocycles. The second kappa shape index (κ2) is 7.55. The number of nitrogens with zero attached hydrogens (tertiary/aromatic N) is 1. The topological polar surface area (TPSA) is 80.3 Å². The molecular formula is C19H17N3O3. The number of carbonyl (C=O) groups excluding carboxylic acids is 2. The van der Waals surface area contributed by atoms with Crippen LogP contribution >= 0.6 is 0 Å². The number of methoxy groups -OCH3 is 1. The number of anilines is 2. The molecule has 0 aliphatic rings. The van der Waals surface area contributed by atoms with Gasteiger partial charge in [0.25, 0.3) is 5.91 Å². The normalized spacial score (nSPS) is 10.4. The Hall–Kier alpha value is -3.25. The van der Waals surface area contributed by atoms with Gasteiger partial charge in [-0.05, 0) is 48.5 Å². The van der Waals surface area contributed by atoms with Gasteiger partial charge in [-0.2, -0.15) is 0 Å². The summed E-state index contributed by atoms with van der Waals surface area (Å²) in [6.07, 6.45) is 1.72. The Labute approximate surface area is 144 Å². The van der Waals surface area contributed by atoms with E-state index in [-0.39, 0.29) is 18.4 Å². The van der Waals surface area contributed by atoms with Gasteiger partial charge in [-0.25, -0.2) is 0 Å². The highest BCUT2D eigenvalue weighted by Gasteiger charge is 2.08. The zero-order valence-corrected chi connectivity index (χ0v) is 13.7. The van der Waals surface area contributed by atoms with Crippen LogP contribution in [0.2, 0.25) is 0 Å². The molecule has 0 radical (unpaired) electrons. The number of amides is 2. The number of rotatable bonds is 5. The Balaban J connectivity index is 1.68. The molecule has 0 spiro atoms. The zero-order valence-electron chi connectivity index (χ0n) is 13.7. The summed E-state index contributed by atoms with van der Waals surface area (Å²) in [6.45, 7) is -0.00465. The molecule has 2 amide bonds. The summed E-state index contributed by atoms with van der Waals surface area (Å²) in [5, 5.41) is 6.43. The van der Waals surface area contributed by atoms with Crippen LogP contribution in [-0.2, 0) is 9.53 Å². The minimum atomic E-state index is -0.232. The first kappa shape index (κ1) is 16.6. The summed E-state index contributed by atoms with van der Waals surface area (Å²) in [5.74, 6) is -0.439. The highest BCUT2D eigenvalue weighted by Crippen LogP contribution is 2.17. The summed E-state index contributed by atoms with van der Waals surface area (Å²) in [7, 11) is 1.46. The van der Waals surface area contributed by atoms with Crippen molar-refractivity contribution in [1.29, 1.82) is 0 Å². The number of fused-ring (bicyclic) bond motifs is 1. The summed E-state index contributed by atoms with van der Waals surface area (Å²) in [6, 6.07) is 16.0. The number of nitrogens with one attached hydrogen (secondary N) is 2. The Morgan fingerprint density at radius 3 is 2.44 bits per heavy atom. The van der Waals surface area contributed by atoms with Crippen molar-refractivity contribution >= 4 is 34.1 Å². The van der Waals surface area contributed by atoms with Gasteiger partial charge in [-0.3, -0.25) is 14.6 Å². The second-order valence-electron chi connectivity index (χ2n) is 5.42. The van der Waals surface area contributed by atoms with Crippen molar-refractivity contribution in [1.82, 2.24) is 4.98 Å². The molecule has 1 aromatic heterocycles. The molecule has 3 rings (SSSR count). The maximum Gasteiger partial charge on any atom is 0.255 e. The quantitative estimate of drug-likeness (QED) is 0.751. The number of hydrogen-bond acceptors (Lipinski definition) is 4. The van der Waals surface area contributed by atoms with Crippen LogP contribution in [0.25, 0.3) is 10.9 Å². The number of carbonyl (C=O) groups is 2. The molecule has 1 heterocycles. The molecule has 2 aromatic carbocycles. The van der Waals surface area contributed by atoms with Gasteiger partial charge < -0.3 is 15.4 Å². The minimum Gasteiger partial charge on any atom is -0.375 e. The maximum atomic E-state index is 12.4. The molecule has 0 fully saturated rings. The minimum absolute atomic E-state index is 0.00465. The lowest BCUT2D eigenvalue weighted by Crippen LogP contribution is -2.17. The van der Waals surface area contributed by atoms with Crippen LogP contribution in [0.3, 0.4) is 0 Å². The van der Waals surface area contributed by atoms with Crippen LogP contribution in [0, 0.1) is 0 Å². The summed E-state index contributed by atoms with van der Waals surface area (Å²) in [4.78, 5) is 28.1. The lowest BCUT2D eigenvalue weighted by molar-refractivity contribution is -0.119. The molecule has 3 aromatic rings. The van der Waals surface area contributed by atoms with Crippen LogP contribution in [0.5, 0.6) is 0 Å². The van der Waals surface area contributed by atoms with Gasteiger partial charge in [-0.15, -0.1) is 0 Å². The fourth-order valence-corrected chi connectivity index (χ4v) is 2.39. The van der Waals surface area contributed by atoms with Gasteiger partial charge in [0.1, 0.15) is 6.61 Å². The molecule has 0 saturated carbocycles. The van der Waals surface area contributed by atoms with Gasteiger partial charge in [-0.1, -0.05) is 6.07 Å². The van der Waals surface area contributed by atoms with E-state index in [2.05, 4.69) is 15.6 Å². The Kier molecular flexibility index (Phi) is 5.01. The molecule has 0 saturated heterocycles. The molecule has 126 valence electrons. The Bertz CT molecular complexity index is 907. The molecule has 2 N–H and O–H groups in total. The standard InChI is InChI=1S/C19H17N3O3/c1-25-12-18(23)21-15-5-7-16(8-6-15)22-19(24)14-4-9-17-13(11-14)3-2-10-20-17/h2-11H,12H2,1H3,(H,21,23)(H,22,24). The van der Waals surface area contributed by atoms with Crippen molar-refractivity contribution in [3.8, 4) is 0 Å². The molecule has 6 heteroatoms. The highest BCUT2D eigenvalue weighted by atomic mass is 16.5. The van der Waals surface area contributed by atoms with Crippen molar-refractivity contribution in [2.75, 3.05) is 24.4 Å². The van der Waals surface area contributed by atoms with Crippen molar-refractivity contribution in [2.45, 2.75) is 0 Å². The van der Waals surface area contributed by atoms with Crippen LogP contribution in [-0.4, -0.2) is 30.5 Å². The monoisotopic (exact) mass is 335 g/mol. The fourth-order valence-electron chi connectivity index (χ4n) is 2.39. The highest BCUT2D eigenvalue weighted by molar-refractivity contribution is 6.06. The van der Waals surface area contributed by atoms with Gasteiger partial charge in [0.2, 0.25) is 5.91 Å². The Morgan fingerprint density at radius 2 is 1.72 bits per heavy atom. The van der Waals surface area contributed by atoms with E-state index >= 15 is 0 Å². The SMILES string of the molecule is COCC(=O)Nc1ccc(NC(=O)c2ccc3ncccc3c2)cc1. The molecular weight excluding hydrogens is 318 g/mol. The van der Waals surface area contributed by atoms with E-state index in [0.29, 0.717) is 16.9 Å². The molecule has 6 nitrogen and oxygen atoms in total. The third-order valence-electron chi connectivity index (χ3n) is 3.57. The van der Waals surface area contributed by atoms with Crippen LogP contribution in [0.4, 0.5) is 11.4 Å². The van der Waals surface area contributed by atoms with Gasteiger partial charge >= 0.3 is 0 Å². The Morgan fingerprint density at radius 1 is 1.00 bits per heavy atom. The van der Waals surface area contributed by atoms with Gasteiger partial charge in [0.15, 0.2) is 0 Å². The number of aromatic nitrogens is 1. The van der Waals surface area contributed by atoms with Crippen molar-refractivity contribution in [3.63, 3.8) is 0 Å². The smallest absolute Gasteiger partial charge is 0.255 e. The van der Waals surface area contributed by atoms with Gasteiger partial charge in [0.05, 0.1) is 5.52 Å². The number of pyridine rings is 1. The predicted octanol–water partition coefficient (Wildman–Crippen LogP) is 3.07. The van der Waals surface area contributed by atoms with Gasteiger partial charge in [0, 0.05) is 35.6 Å². The van der Waals surface area contributed by atoms with Crippen LogP contribution in [0.1, 0.15) is 10.4 Å². The summed E-state index contributed by atoms with van der Waals surface area (Å²) < 4.78 is 4.76. The lowest BCUT2D eigenvalue weighted by atomic mass is 10.1. The summed E-state index contributed by atoms with van der Waals surface area (Å²) in [5.41, 5.74) is 2.67. The fraction of sp³-hybridized carbons (Fsp3) is 0.105. The molecule has 0 atom stereocenters. The number of ether oxygens (including phenoxy) is 1. The third-order valence-corrected chi connectivity index (χ3v) is 3.57. The van der Waals surface area contributed by atoms with E-state index in [1.165, 1.54) is 7.11 Å². The first-order valence-electron chi connectivity index (χ1n) is 7.71. The molecule has 25 heavy (non-hydrogen) atoms. The summed E-state index contributed by atoms with van der Waals surface area (Å²) >= 11 is 0. The van der Waals surface area contributed by atoms with Crippen molar-refractivity contribution < 1.29 is 14.3 Å². The molecule has 0 bridgehead atoms. The van der Waals surface area contributed by atoms with Crippen LogP contribution < -0.4 is 10.6 Å². The number of hydrogen-bond donors (Lipinski definition) is 2. The van der Waals surface area contributed by atoms with E-state index in [1.807, 2.05) is 18.2 Å². The average Bonchev–Trinajstić information content (AvgIpc) is 2.63. The second-order valence-corrected chi connectivity index (χ2v) is 5.42. The maximum absolute atomic E-state index is 12.4. The molecule has 0 unspecified atom stereocenters. The first-order chi connectivity index (χ1) is 12.2. The molecule has 0 aliphatic carbocycles. The van der Waals surface area contributed by atoms with E-state index < -0.39 is 0 Å². The largest absolute Gasteiger partial charge is 0.375 e. The average molecular weight is 335 g/mol. The van der Waals surface area contributed by atoms with Crippen LogP contribution in [0.15, 0.2) is 60.8 Å². The first-order valence-corrected chi connectivity index (χ1v) is 7.71. The van der Waals surface area contributed by atoms with E-state index in [1.54, 1.807) is 42.6 Å². The van der Waals surface area contributed by atoms with E-state index in [0.717, 1.165) is 10.9 Å². The lowest BCUT2D eigenvalue weighted by Gasteiger charge is -2.08. The van der Waals surface area contributed by atoms with E-state index in [9.17, 15) is 9.59 Å². The van der Waals surface area contributed by atoms with Crippen molar-refractivity contribution in [2.24, 2.45) is 0 Å².